The van der Waals surface area contributed by atoms with Gasteiger partial charge >= 0.3 is 0 Å². The number of ether oxygens (including phenoxy) is 5. The van der Waals surface area contributed by atoms with Crippen LogP contribution >= 0.6 is 0 Å². The van der Waals surface area contributed by atoms with E-state index in [1.807, 2.05) is 6.07 Å². The van der Waals surface area contributed by atoms with Crippen molar-refractivity contribution in [1.82, 2.24) is 4.90 Å². The summed E-state index contributed by atoms with van der Waals surface area (Å²) in [5.74, 6) is 4.03. The van der Waals surface area contributed by atoms with E-state index in [1.165, 1.54) is 5.57 Å². The maximum atomic E-state index is 6.46. The molecule has 1 aromatic rings. The van der Waals surface area contributed by atoms with Crippen LogP contribution in [0.4, 0.5) is 5.69 Å². The van der Waals surface area contributed by atoms with Crippen LogP contribution in [0.2, 0.25) is 0 Å². The molecule has 0 amide bonds. The number of nitrogens with zero attached hydrogens (tertiary/aromatic N) is 2. The zero-order valence-electron chi connectivity index (χ0n) is 17.9. The fraction of sp³-hybridized carbons (Fsp3) is 0.609. The first-order valence-corrected chi connectivity index (χ1v) is 10.7. The molecule has 5 unspecified atom stereocenters. The lowest BCUT2D eigenvalue weighted by Gasteiger charge is -2.54. The molecule has 160 valence electrons. The van der Waals surface area contributed by atoms with Gasteiger partial charge in [-0.05, 0) is 18.8 Å². The number of methoxy groups -OCH3 is 4. The molecule has 5 saturated heterocycles. The Morgan fingerprint density at radius 3 is 2.77 bits per heavy atom. The van der Waals surface area contributed by atoms with E-state index in [2.05, 4.69) is 11.0 Å². The van der Waals surface area contributed by atoms with Gasteiger partial charge in [-0.25, -0.2) is 4.99 Å². The smallest absolute Gasteiger partial charge is 0.201 e. The molecule has 6 aliphatic heterocycles. The van der Waals surface area contributed by atoms with Gasteiger partial charge in [0.25, 0.3) is 0 Å². The largest absolute Gasteiger partial charge is 0.494 e. The summed E-state index contributed by atoms with van der Waals surface area (Å²) in [4.78, 5) is 7.70. The van der Waals surface area contributed by atoms with Crippen molar-refractivity contribution in [3.05, 3.63) is 23.3 Å². The summed E-state index contributed by atoms with van der Waals surface area (Å²) < 4.78 is 29.1. The third-order valence-corrected chi connectivity index (χ3v) is 8.05. The van der Waals surface area contributed by atoms with Crippen LogP contribution in [-0.2, 0) is 14.9 Å². The second-order valence-corrected chi connectivity index (χ2v) is 8.94. The monoisotopic (exact) mass is 412 g/mol. The quantitative estimate of drug-likeness (QED) is 0.693. The Kier molecular flexibility index (Phi) is 3.93. The second-order valence-electron chi connectivity index (χ2n) is 8.94. The molecule has 5 fully saturated rings. The summed E-state index contributed by atoms with van der Waals surface area (Å²) in [6.07, 6.45) is 4.40. The average Bonchev–Trinajstić information content (AvgIpc) is 3.14. The van der Waals surface area contributed by atoms with E-state index in [1.54, 1.807) is 28.4 Å². The standard InChI is InChI=1S/C23H28N2O5/c1-26-6-5-12-10-25-15-9-23-18(25)7-13(12)14(15)11-30-22(23)24-20-16(27-2)8-17(28-3)21(29-4)19(20)23/h5,8,13-15,18H,6-7,9-11H2,1-4H3/t13?,14?,15?,18?,23-/m1/s1. The molecule has 7 heteroatoms. The van der Waals surface area contributed by atoms with E-state index in [-0.39, 0.29) is 5.41 Å². The van der Waals surface area contributed by atoms with Crippen LogP contribution in [0.1, 0.15) is 18.4 Å². The Balaban J connectivity index is 1.54. The molecule has 0 saturated carbocycles. The van der Waals surface area contributed by atoms with Crippen molar-refractivity contribution < 1.29 is 23.7 Å². The lowest BCUT2D eigenvalue weighted by molar-refractivity contribution is -0.0156. The van der Waals surface area contributed by atoms with Gasteiger partial charge in [0.15, 0.2) is 11.5 Å². The van der Waals surface area contributed by atoms with Crippen molar-refractivity contribution in [2.45, 2.75) is 30.3 Å². The van der Waals surface area contributed by atoms with Crippen LogP contribution in [0.25, 0.3) is 0 Å². The van der Waals surface area contributed by atoms with Crippen LogP contribution in [0.3, 0.4) is 0 Å². The van der Waals surface area contributed by atoms with E-state index < -0.39 is 0 Å². The highest BCUT2D eigenvalue weighted by atomic mass is 16.5. The summed E-state index contributed by atoms with van der Waals surface area (Å²) in [6, 6.07) is 2.70. The highest BCUT2D eigenvalue weighted by Crippen LogP contribution is 2.66. The van der Waals surface area contributed by atoms with Crippen molar-refractivity contribution in [1.29, 1.82) is 0 Å². The summed E-state index contributed by atoms with van der Waals surface area (Å²) in [6.45, 7) is 2.39. The molecule has 30 heavy (non-hydrogen) atoms. The number of aliphatic imine (C=N–C) groups is 1. The molecule has 5 bridgehead atoms. The van der Waals surface area contributed by atoms with Crippen LogP contribution in [0.5, 0.6) is 17.2 Å². The van der Waals surface area contributed by atoms with Crippen LogP contribution in [-0.4, -0.2) is 71.1 Å². The lowest BCUT2D eigenvalue weighted by atomic mass is 9.68. The van der Waals surface area contributed by atoms with Gasteiger partial charge in [0, 0.05) is 43.3 Å². The van der Waals surface area contributed by atoms with Crippen molar-refractivity contribution >= 4 is 11.6 Å². The van der Waals surface area contributed by atoms with E-state index in [0.717, 1.165) is 42.3 Å². The molecule has 1 spiro atoms. The van der Waals surface area contributed by atoms with Gasteiger partial charge in [0.2, 0.25) is 5.90 Å². The fourth-order valence-electron chi connectivity index (χ4n) is 6.91. The maximum Gasteiger partial charge on any atom is 0.201 e. The molecule has 7 nitrogen and oxygen atoms in total. The first-order valence-electron chi connectivity index (χ1n) is 10.7. The summed E-state index contributed by atoms with van der Waals surface area (Å²) >= 11 is 0. The molecule has 6 aliphatic rings. The highest BCUT2D eigenvalue weighted by molar-refractivity contribution is 6.01. The summed E-state index contributed by atoms with van der Waals surface area (Å²) in [7, 11) is 6.81. The van der Waals surface area contributed by atoms with Gasteiger partial charge in [-0.2, -0.15) is 0 Å². The van der Waals surface area contributed by atoms with Crippen molar-refractivity contribution in [2.75, 3.05) is 48.2 Å². The van der Waals surface area contributed by atoms with Gasteiger partial charge in [-0.1, -0.05) is 11.6 Å². The topological polar surface area (TPSA) is 61.8 Å². The van der Waals surface area contributed by atoms with Gasteiger partial charge in [-0.3, -0.25) is 4.90 Å². The minimum Gasteiger partial charge on any atom is -0.494 e. The van der Waals surface area contributed by atoms with Crippen LogP contribution < -0.4 is 14.2 Å². The molecule has 6 atom stereocenters. The van der Waals surface area contributed by atoms with Crippen LogP contribution in [0, 0.1) is 11.8 Å². The average molecular weight is 412 g/mol. The number of fused-ring (bicyclic) bond motifs is 2. The minimum absolute atomic E-state index is 0.302. The predicted octanol–water partition coefficient (Wildman–Crippen LogP) is 2.69. The Morgan fingerprint density at radius 1 is 1.20 bits per heavy atom. The molecular weight excluding hydrogens is 384 g/mol. The number of piperidine rings is 3. The zero-order chi connectivity index (χ0) is 20.6. The highest BCUT2D eigenvalue weighted by Gasteiger charge is 2.70. The first kappa shape index (κ1) is 18.5. The van der Waals surface area contributed by atoms with Crippen molar-refractivity contribution in [3.63, 3.8) is 0 Å². The first-order chi connectivity index (χ1) is 14.7. The van der Waals surface area contributed by atoms with Crippen LogP contribution in [0.15, 0.2) is 22.7 Å². The molecule has 0 radical (unpaired) electrons. The number of rotatable bonds is 5. The number of benzene rings is 1. The predicted molar refractivity (Wildman–Crippen MR) is 111 cm³/mol. The third kappa shape index (κ3) is 2.05. The summed E-state index contributed by atoms with van der Waals surface area (Å²) in [5, 5.41) is 0. The summed E-state index contributed by atoms with van der Waals surface area (Å²) in [5.41, 5.74) is 3.12. The van der Waals surface area contributed by atoms with E-state index in [4.69, 9.17) is 28.7 Å². The normalized spacial score (nSPS) is 38.1. The Bertz CT molecular complexity index is 973. The molecule has 0 aromatic heterocycles. The van der Waals surface area contributed by atoms with Gasteiger partial charge < -0.3 is 23.7 Å². The number of hydrogen-bond donors (Lipinski definition) is 0. The van der Waals surface area contributed by atoms with Gasteiger partial charge in [0.1, 0.15) is 11.4 Å². The fourth-order valence-corrected chi connectivity index (χ4v) is 6.91. The maximum absolute atomic E-state index is 6.46. The molecular formula is C23H28N2O5. The molecule has 6 heterocycles. The Morgan fingerprint density at radius 2 is 2.03 bits per heavy atom. The Hall–Kier alpha value is -2.25. The van der Waals surface area contributed by atoms with E-state index >= 15 is 0 Å². The Labute approximate surface area is 176 Å². The van der Waals surface area contributed by atoms with Crippen molar-refractivity contribution in [3.8, 4) is 17.2 Å². The number of hydrogen-bond acceptors (Lipinski definition) is 7. The van der Waals surface area contributed by atoms with Gasteiger partial charge in [0.05, 0.1) is 40.0 Å². The third-order valence-electron chi connectivity index (χ3n) is 8.05. The lowest BCUT2D eigenvalue weighted by Crippen LogP contribution is -2.61. The SMILES string of the molecule is COCC=C1CN2C3C[C@]45C(=Nc6c(OC)cc(OC)c(OC)c64)OCC3C1CC25. The molecule has 1 aromatic carbocycles. The molecule has 7 rings (SSSR count). The van der Waals surface area contributed by atoms with Gasteiger partial charge in [-0.15, -0.1) is 0 Å². The van der Waals surface area contributed by atoms with Crippen molar-refractivity contribution in [2.24, 2.45) is 16.8 Å². The van der Waals surface area contributed by atoms with E-state index in [0.29, 0.717) is 48.6 Å². The zero-order valence-corrected chi connectivity index (χ0v) is 17.9. The van der Waals surface area contributed by atoms with E-state index in [9.17, 15) is 0 Å². The second kappa shape index (κ2) is 6.37. The molecule has 0 N–H and O–H groups in total. The minimum atomic E-state index is -0.302. The molecule has 0 aliphatic carbocycles.